The van der Waals surface area contributed by atoms with Crippen LogP contribution in [0.4, 0.5) is 13.2 Å². The van der Waals surface area contributed by atoms with E-state index in [0.29, 0.717) is 12.1 Å². The van der Waals surface area contributed by atoms with Gasteiger partial charge in [-0.2, -0.15) is 0 Å². The van der Waals surface area contributed by atoms with Crippen LogP contribution in [0.25, 0.3) is 0 Å². The number of halogens is 4. The molecule has 0 N–H and O–H groups in total. The van der Waals surface area contributed by atoms with Crippen molar-refractivity contribution in [3.63, 3.8) is 0 Å². The van der Waals surface area contributed by atoms with Gasteiger partial charge in [-0.05, 0) is 15.9 Å². The molecule has 0 spiro atoms. The molecule has 5 heteroatoms. The Balaban J connectivity index is 0.000001000. The molecule has 0 amide bonds. The van der Waals surface area contributed by atoms with Crippen molar-refractivity contribution in [3.05, 3.63) is 34.1 Å². The van der Waals surface area contributed by atoms with Crippen molar-refractivity contribution in [2.75, 3.05) is 0 Å². The maximum absolute atomic E-state index is 12.3. The maximum Gasteiger partial charge on any atom is 0.316 e. The van der Waals surface area contributed by atoms with Gasteiger partial charge in [-0.15, -0.1) is 0 Å². The van der Waals surface area contributed by atoms with E-state index in [1.165, 1.54) is 0 Å². The van der Waals surface area contributed by atoms with Gasteiger partial charge in [-0.3, -0.25) is 0 Å². The lowest BCUT2D eigenvalue weighted by molar-refractivity contribution is 0.535. The normalized spacial score (nSPS) is 9.09. The SMILES string of the molecule is Fc1cc(F)c(Br)c(F)c1.[MgH2]. The van der Waals surface area contributed by atoms with Crippen molar-refractivity contribution < 1.29 is 13.2 Å². The van der Waals surface area contributed by atoms with E-state index in [2.05, 4.69) is 15.9 Å². The van der Waals surface area contributed by atoms with Crippen molar-refractivity contribution in [1.29, 1.82) is 0 Å². The van der Waals surface area contributed by atoms with Gasteiger partial charge in [0.05, 0.1) is 4.47 Å². The van der Waals surface area contributed by atoms with Crippen LogP contribution in [0.3, 0.4) is 0 Å². The summed E-state index contributed by atoms with van der Waals surface area (Å²) in [4.78, 5) is 0. The van der Waals surface area contributed by atoms with Gasteiger partial charge in [0.25, 0.3) is 0 Å². The van der Waals surface area contributed by atoms with Crippen LogP contribution in [0.15, 0.2) is 16.6 Å². The first-order valence-electron chi connectivity index (χ1n) is 2.41. The van der Waals surface area contributed by atoms with Crippen LogP contribution < -0.4 is 0 Å². The molecule has 0 saturated heterocycles. The highest BCUT2D eigenvalue weighted by Gasteiger charge is 2.06. The van der Waals surface area contributed by atoms with Crippen molar-refractivity contribution >= 4 is 39.0 Å². The quantitative estimate of drug-likeness (QED) is 0.367. The minimum Gasteiger partial charge on any atom is -0.207 e. The van der Waals surface area contributed by atoms with Crippen LogP contribution in [-0.2, 0) is 0 Å². The molecule has 0 bridgehead atoms. The smallest absolute Gasteiger partial charge is 0.207 e. The molecule has 0 atom stereocenters. The van der Waals surface area contributed by atoms with E-state index in [-0.39, 0.29) is 27.5 Å². The molecule has 0 heterocycles. The number of hydrogen-bond donors (Lipinski definition) is 0. The molecule has 0 aliphatic rings. The van der Waals surface area contributed by atoms with Gasteiger partial charge in [-0.1, -0.05) is 0 Å². The summed E-state index contributed by atoms with van der Waals surface area (Å²) in [5, 5.41) is 0. The Morgan fingerprint density at radius 3 is 1.73 bits per heavy atom. The van der Waals surface area contributed by atoms with Gasteiger partial charge in [0.2, 0.25) is 0 Å². The third kappa shape index (κ3) is 2.65. The molecular formula is C6H4BrF3Mg. The summed E-state index contributed by atoms with van der Waals surface area (Å²) in [6, 6.07) is 1.21. The van der Waals surface area contributed by atoms with Crippen LogP contribution in [0.1, 0.15) is 0 Å². The van der Waals surface area contributed by atoms with Gasteiger partial charge in [0.1, 0.15) is 17.5 Å². The van der Waals surface area contributed by atoms with Gasteiger partial charge >= 0.3 is 23.1 Å². The van der Waals surface area contributed by atoms with E-state index < -0.39 is 17.5 Å². The fourth-order valence-electron chi connectivity index (χ4n) is 0.525. The summed E-state index contributed by atoms with van der Waals surface area (Å²) in [6.45, 7) is 0. The van der Waals surface area contributed by atoms with Crippen molar-refractivity contribution in [3.8, 4) is 0 Å². The monoisotopic (exact) mass is 236 g/mol. The average Bonchev–Trinajstić information content (AvgIpc) is 1.82. The Morgan fingerprint density at radius 1 is 1.00 bits per heavy atom. The average molecular weight is 237 g/mol. The Bertz CT molecular complexity index is 241. The van der Waals surface area contributed by atoms with Crippen LogP contribution in [-0.4, -0.2) is 23.1 Å². The lowest BCUT2D eigenvalue weighted by atomic mass is 10.3. The fourth-order valence-corrected chi connectivity index (χ4v) is 0.754. The summed E-state index contributed by atoms with van der Waals surface area (Å²) >= 11 is 2.60. The van der Waals surface area contributed by atoms with Gasteiger partial charge in [0, 0.05) is 12.1 Å². The molecule has 11 heavy (non-hydrogen) atoms. The molecule has 0 fully saturated rings. The molecule has 0 aromatic heterocycles. The van der Waals surface area contributed by atoms with E-state index in [1.807, 2.05) is 0 Å². The maximum atomic E-state index is 12.3. The first-order valence-corrected chi connectivity index (χ1v) is 3.20. The van der Waals surface area contributed by atoms with Crippen molar-refractivity contribution in [2.24, 2.45) is 0 Å². The van der Waals surface area contributed by atoms with E-state index in [9.17, 15) is 13.2 Å². The molecule has 0 saturated carbocycles. The lowest BCUT2D eigenvalue weighted by Crippen LogP contribution is -1.85. The minimum absolute atomic E-state index is 0. The van der Waals surface area contributed by atoms with Crippen LogP contribution in [0, 0.1) is 17.5 Å². The summed E-state index contributed by atoms with van der Waals surface area (Å²) in [5.74, 6) is -2.78. The predicted molar refractivity (Wildman–Crippen MR) is 42.6 cm³/mol. The molecule has 1 aromatic rings. The minimum atomic E-state index is -0.933. The molecule has 0 nitrogen and oxygen atoms in total. The van der Waals surface area contributed by atoms with Gasteiger partial charge in [0.15, 0.2) is 0 Å². The lowest BCUT2D eigenvalue weighted by Gasteiger charge is -1.94. The number of hydrogen-bond acceptors (Lipinski definition) is 0. The molecule has 0 radical (unpaired) electrons. The first-order chi connectivity index (χ1) is 4.61. The third-order valence-corrected chi connectivity index (χ3v) is 1.71. The molecular weight excluding hydrogens is 233 g/mol. The highest BCUT2D eigenvalue weighted by molar-refractivity contribution is 9.10. The second-order valence-electron chi connectivity index (χ2n) is 1.68. The van der Waals surface area contributed by atoms with E-state index in [4.69, 9.17) is 0 Å². The second-order valence-corrected chi connectivity index (χ2v) is 2.48. The van der Waals surface area contributed by atoms with Gasteiger partial charge in [-0.25, -0.2) is 13.2 Å². The van der Waals surface area contributed by atoms with Crippen molar-refractivity contribution in [1.82, 2.24) is 0 Å². The Hall–Kier alpha value is 0.256. The second kappa shape index (κ2) is 4.32. The number of rotatable bonds is 0. The standard InChI is InChI=1S/C6H2BrF3.Mg.2H/c7-6-4(9)1-3(8)2-5(6)10;;;/h1-2H;;;. The Kier molecular flexibility index (Phi) is 4.42. The van der Waals surface area contributed by atoms with Crippen LogP contribution >= 0.6 is 15.9 Å². The summed E-state index contributed by atoms with van der Waals surface area (Å²) in [6.07, 6.45) is 0. The highest BCUT2D eigenvalue weighted by Crippen LogP contribution is 2.19. The highest BCUT2D eigenvalue weighted by atomic mass is 79.9. The van der Waals surface area contributed by atoms with E-state index in [1.54, 1.807) is 0 Å². The number of benzene rings is 1. The fraction of sp³-hybridized carbons (Fsp3) is 0. The molecule has 0 aliphatic heterocycles. The molecule has 0 aliphatic carbocycles. The summed E-state index contributed by atoms with van der Waals surface area (Å²) < 4.78 is 36.4. The van der Waals surface area contributed by atoms with Gasteiger partial charge < -0.3 is 0 Å². The Labute approximate surface area is 86.1 Å². The topological polar surface area (TPSA) is 0 Å². The Morgan fingerprint density at radius 2 is 1.36 bits per heavy atom. The zero-order valence-corrected chi connectivity index (χ0v) is 6.25. The molecule has 1 rings (SSSR count). The van der Waals surface area contributed by atoms with E-state index >= 15 is 0 Å². The molecule has 1 aromatic carbocycles. The third-order valence-electron chi connectivity index (χ3n) is 0.949. The van der Waals surface area contributed by atoms with Crippen LogP contribution in [0.2, 0.25) is 0 Å². The van der Waals surface area contributed by atoms with Crippen molar-refractivity contribution in [2.45, 2.75) is 0 Å². The molecule has 58 valence electrons. The molecule has 0 unspecified atom stereocenters. The van der Waals surface area contributed by atoms with E-state index in [0.717, 1.165) is 0 Å². The zero-order valence-electron chi connectivity index (χ0n) is 4.67. The van der Waals surface area contributed by atoms with Crippen LogP contribution in [0.5, 0.6) is 0 Å². The zero-order chi connectivity index (χ0) is 7.72. The first kappa shape index (κ1) is 11.3. The predicted octanol–water partition coefficient (Wildman–Crippen LogP) is 1.95. The summed E-state index contributed by atoms with van der Waals surface area (Å²) in [7, 11) is 0. The summed E-state index contributed by atoms with van der Waals surface area (Å²) in [5.41, 5.74) is 0. The largest absolute Gasteiger partial charge is 0.316 e.